The molecule has 2 aromatic carbocycles. The van der Waals surface area contributed by atoms with Crippen molar-refractivity contribution in [1.29, 1.82) is 0 Å². The third-order valence-corrected chi connectivity index (χ3v) is 7.97. The predicted molar refractivity (Wildman–Crippen MR) is 166 cm³/mol. The molecule has 2 N–H and O–H groups in total. The fraction of sp³-hybridized carbons (Fsp3) is 0.250. The highest BCUT2D eigenvalue weighted by molar-refractivity contribution is 6.37. The van der Waals surface area contributed by atoms with E-state index in [4.69, 9.17) is 4.74 Å². The van der Waals surface area contributed by atoms with Crippen LogP contribution in [-0.2, 0) is 14.3 Å². The number of ether oxygens (including phenoxy) is 1. The highest BCUT2D eigenvalue weighted by Crippen LogP contribution is 2.38. The minimum atomic E-state index is -0.482. The van der Waals surface area contributed by atoms with Gasteiger partial charge in [-0.2, -0.15) is 0 Å². The van der Waals surface area contributed by atoms with E-state index in [1.54, 1.807) is 36.3 Å². The molecule has 4 heterocycles. The Balaban J connectivity index is 1.30. The third kappa shape index (κ3) is 5.72. The molecule has 2 aliphatic rings. The first kappa shape index (κ1) is 28.1. The van der Waals surface area contributed by atoms with E-state index in [0.29, 0.717) is 34.6 Å². The van der Waals surface area contributed by atoms with Crippen LogP contribution in [0, 0.1) is 0 Å². The Hall–Kier alpha value is -5.00. The number of hydrogen-bond acceptors (Lipinski definition) is 8. The van der Waals surface area contributed by atoms with Crippen molar-refractivity contribution >= 4 is 51.8 Å². The molecule has 0 aliphatic carbocycles. The first-order chi connectivity index (χ1) is 20.8. The van der Waals surface area contributed by atoms with E-state index in [0.717, 1.165) is 48.8 Å². The van der Waals surface area contributed by atoms with Gasteiger partial charge in [0.25, 0.3) is 5.91 Å². The topological polar surface area (TPSA) is 112 Å². The first-order valence-electron chi connectivity index (χ1n) is 14.1. The number of nitrogens with one attached hydrogen (secondary N) is 2. The Kier molecular flexibility index (Phi) is 7.66. The molecule has 0 atom stereocenters. The molecule has 0 unspecified atom stereocenters. The van der Waals surface area contributed by atoms with Gasteiger partial charge >= 0.3 is 5.97 Å². The molecule has 43 heavy (non-hydrogen) atoms. The minimum Gasteiger partial charge on any atom is -0.465 e. The van der Waals surface area contributed by atoms with Crippen molar-refractivity contribution in [1.82, 2.24) is 19.2 Å². The van der Waals surface area contributed by atoms with Gasteiger partial charge in [-0.15, -0.1) is 0 Å². The normalized spacial score (nSPS) is 16.5. The van der Waals surface area contributed by atoms with E-state index in [1.165, 1.54) is 7.11 Å². The lowest BCUT2D eigenvalue weighted by Crippen LogP contribution is -2.48. The molecule has 220 valence electrons. The van der Waals surface area contributed by atoms with Crippen molar-refractivity contribution in [3.63, 3.8) is 0 Å². The van der Waals surface area contributed by atoms with E-state index >= 15 is 0 Å². The highest BCUT2D eigenvalue weighted by atomic mass is 16.5. The molecule has 6 rings (SSSR count). The number of aromatic nitrogens is 2. The van der Waals surface area contributed by atoms with Crippen molar-refractivity contribution in [2.24, 2.45) is 0 Å². The van der Waals surface area contributed by atoms with Crippen LogP contribution in [-0.4, -0.2) is 90.9 Å². The summed E-state index contributed by atoms with van der Waals surface area (Å²) in [4.78, 5) is 49.0. The number of imidazole rings is 1. The van der Waals surface area contributed by atoms with E-state index < -0.39 is 5.97 Å². The average molecular weight is 580 g/mol. The summed E-state index contributed by atoms with van der Waals surface area (Å²) in [6.07, 6.45) is 5.45. The second-order valence-corrected chi connectivity index (χ2v) is 10.8. The number of nitrogens with zero attached hydrogens (tertiary/aromatic N) is 5. The number of hydrogen-bond donors (Lipinski definition) is 2. The zero-order valence-corrected chi connectivity index (χ0v) is 24.3. The van der Waals surface area contributed by atoms with Gasteiger partial charge < -0.3 is 29.6 Å². The molecule has 4 aromatic rings. The molecule has 0 radical (unpaired) electrons. The summed E-state index contributed by atoms with van der Waals surface area (Å²) >= 11 is 0. The number of esters is 1. The number of methoxy groups -OCH3 is 1. The SMILES string of the molecule is COC(=O)c1ccc2c(c1)NC(=O)C2=C(Nc1ccc(N(C)C(=O)CN2CCN(C)CC2)cc1)c1ccn2ccnc2c1. The number of amides is 2. The van der Waals surface area contributed by atoms with E-state index in [-0.39, 0.29) is 11.8 Å². The largest absolute Gasteiger partial charge is 0.465 e. The molecule has 1 fully saturated rings. The third-order valence-electron chi connectivity index (χ3n) is 7.97. The molecule has 0 bridgehead atoms. The quantitative estimate of drug-likeness (QED) is 0.254. The molecule has 11 heteroatoms. The number of benzene rings is 2. The van der Waals surface area contributed by atoms with Crippen LogP contribution in [0.4, 0.5) is 17.1 Å². The Morgan fingerprint density at radius 2 is 1.77 bits per heavy atom. The van der Waals surface area contributed by atoms with Crippen LogP contribution in [0.2, 0.25) is 0 Å². The van der Waals surface area contributed by atoms with Crippen molar-refractivity contribution in [2.75, 3.05) is 69.5 Å². The van der Waals surface area contributed by atoms with E-state index in [9.17, 15) is 14.4 Å². The Bertz CT molecular complexity index is 1740. The van der Waals surface area contributed by atoms with Crippen LogP contribution >= 0.6 is 0 Å². The smallest absolute Gasteiger partial charge is 0.337 e. The molecular weight excluding hydrogens is 546 g/mol. The molecule has 2 aromatic heterocycles. The van der Waals surface area contributed by atoms with Crippen LogP contribution in [0.3, 0.4) is 0 Å². The summed E-state index contributed by atoms with van der Waals surface area (Å²) in [6, 6.07) is 16.4. The van der Waals surface area contributed by atoms with Crippen molar-refractivity contribution < 1.29 is 19.1 Å². The van der Waals surface area contributed by atoms with Crippen molar-refractivity contribution in [2.45, 2.75) is 0 Å². The monoisotopic (exact) mass is 579 g/mol. The minimum absolute atomic E-state index is 0.0339. The lowest BCUT2D eigenvalue weighted by molar-refractivity contribution is -0.119. The van der Waals surface area contributed by atoms with Crippen LogP contribution < -0.4 is 15.5 Å². The maximum absolute atomic E-state index is 13.4. The number of rotatable bonds is 7. The number of piperazine rings is 1. The fourth-order valence-electron chi connectivity index (χ4n) is 5.37. The maximum Gasteiger partial charge on any atom is 0.337 e. The fourth-order valence-corrected chi connectivity index (χ4v) is 5.37. The number of likely N-dealkylation sites (N-methyl/N-ethyl adjacent to an activating group) is 2. The first-order valence-corrected chi connectivity index (χ1v) is 14.1. The number of fused-ring (bicyclic) bond motifs is 2. The predicted octanol–water partition coefficient (Wildman–Crippen LogP) is 3.26. The summed E-state index contributed by atoms with van der Waals surface area (Å²) in [5.41, 5.74) is 5.56. The molecular formula is C32H33N7O4. The van der Waals surface area contributed by atoms with Crippen LogP contribution in [0.5, 0.6) is 0 Å². The number of anilines is 3. The van der Waals surface area contributed by atoms with Gasteiger partial charge in [-0.3, -0.25) is 14.5 Å². The second-order valence-electron chi connectivity index (χ2n) is 10.8. The number of carbonyl (C=O) groups is 3. The Labute approximate surface area is 249 Å². The maximum atomic E-state index is 13.4. The zero-order chi connectivity index (χ0) is 30.1. The van der Waals surface area contributed by atoms with E-state index in [2.05, 4.69) is 32.5 Å². The van der Waals surface area contributed by atoms with Gasteiger partial charge in [0.05, 0.1) is 36.2 Å². The summed E-state index contributed by atoms with van der Waals surface area (Å²) in [6.45, 7) is 4.04. The molecule has 11 nitrogen and oxygen atoms in total. The summed E-state index contributed by atoms with van der Waals surface area (Å²) in [5, 5.41) is 6.34. The molecule has 2 aliphatic heterocycles. The average Bonchev–Trinajstić information content (AvgIpc) is 3.63. The standard InChI is InChI=1S/C32H33N7O4/c1-36-14-16-38(17-15-36)20-28(40)37(2)24-7-5-23(6-8-24)34-30(21-10-12-39-13-11-33-27(39)19-21)29-25-9-4-22(32(42)43-3)18-26(25)35-31(29)41/h4-13,18-19,34H,14-17,20H2,1-3H3,(H,35,41). The summed E-state index contributed by atoms with van der Waals surface area (Å²) in [7, 11) is 5.20. The number of pyridine rings is 1. The van der Waals surface area contributed by atoms with Gasteiger partial charge in [0.15, 0.2) is 0 Å². The van der Waals surface area contributed by atoms with Crippen molar-refractivity contribution in [3.8, 4) is 0 Å². The lowest BCUT2D eigenvalue weighted by atomic mass is 9.99. The van der Waals surface area contributed by atoms with Crippen LogP contribution in [0.1, 0.15) is 21.5 Å². The van der Waals surface area contributed by atoms with Gasteiger partial charge in [0.2, 0.25) is 5.91 Å². The molecule has 2 amide bonds. The highest BCUT2D eigenvalue weighted by Gasteiger charge is 2.30. The zero-order valence-electron chi connectivity index (χ0n) is 24.3. The molecule has 0 spiro atoms. The van der Waals surface area contributed by atoms with Gasteiger partial charge in [-0.1, -0.05) is 6.07 Å². The summed E-state index contributed by atoms with van der Waals surface area (Å²) < 4.78 is 6.74. The molecule has 0 saturated carbocycles. The Morgan fingerprint density at radius 1 is 1.00 bits per heavy atom. The van der Waals surface area contributed by atoms with Crippen molar-refractivity contribution in [3.05, 3.63) is 89.9 Å². The Morgan fingerprint density at radius 3 is 2.51 bits per heavy atom. The van der Waals surface area contributed by atoms with Crippen LogP contribution in [0.15, 0.2) is 73.2 Å². The molecule has 1 saturated heterocycles. The van der Waals surface area contributed by atoms with Gasteiger partial charge in [0, 0.05) is 74.3 Å². The second kappa shape index (κ2) is 11.7. The number of carbonyl (C=O) groups excluding carboxylic acids is 3. The van der Waals surface area contributed by atoms with Gasteiger partial charge in [-0.25, -0.2) is 9.78 Å². The van der Waals surface area contributed by atoms with Gasteiger partial charge in [0.1, 0.15) is 5.65 Å². The van der Waals surface area contributed by atoms with E-state index in [1.807, 2.05) is 53.2 Å². The van der Waals surface area contributed by atoms with Crippen LogP contribution in [0.25, 0.3) is 16.9 Å². The van der Waals surface area contributed by atoms with Gasteiger partial charge in [-0.05, 0) is 55.6 Å². The summed E-state index contributed by atoms with van der Waals surface area (Å²) in [5.74, 6) is -0.745. The lowest BCUT2D eigenvalue weighted by Gasteiger charge is -2.32.